The number of guanidine groups is 1. The SMILES string of the molecule is CN=C(NCCNc1nccc(C(F)(F)F)n1)NCc1ccc(OC)c(OC)c1. The molecule has 29 heavy (non-hydrogen) atoms. The molecule has 11 heteroatoms. The van der Waals surface area contributed by atoms with Gasteiger partial charge in [0.05, 0.1) is 14.2 Å². The molecule has 2 aromatic rings. The first-order valence-electron chi connectivity index (χ1n) is 8.67. The monoisotopic (exact) mass is 412 g/mol. The average molecular weight is 412 g/mol. The van der Waals surface area contributed by atoms with Crippen LogP contribution in [0, 0.1) is 0 Å². The summed E-state index contributed by atoms with van der Waals surface area (Å²) in [6, 6.07) is 6.38. The van der Waals surface area contributed by atoms with E-state index in [9.17, 15) is 13.2 Å². The molecule has 0 spiro atoms. The second-order valence-electron chi connectivity index (χ2n) is 5.73. The molecule has 0 aliphatic rings. The summed E-state index contributed by atoms with van der Waals surface area (Å²) >= 11 is 0. The number of ether oxygens (including phenoxy) is 2. The van der Waals surface area contributed by atoms with E-state index in [0.29, 0.717) is 37.1 Å². The largest absolute Gasteiger partial charge is 0.493 e. The average Bonchev–Trinajstić information content (AvgIpc) is 2.72. The Bertz CT molecular complexity index is 829. The van der Waals surface area contributed by atoms with Gasteiger partial charge in [-0.1, -0.05) is 6.07 Å². The summed E-state index contributed by atoms with van der Waals surface area (Å²) in [6.45, 7) is 1.19. The highest BCUT2D eigenvalue weighted by Gasteiger charge is 2.32. The van der Waals surface area contributed by atoms with Gasteiger partial charge in [-0.3, -0.25) is 4.99 Å². The molecule has 0 unspecified atom stereocenters. The van der Waals surface area contributed by atoms with E-state index in [-0.39, 0.29) is 5.95 Å². The number of methoxy groups -OCH3 is 2. The van der Waals surface area contributed by atoms with E-state index in [1.54, 1.807) is 21.3 Å². The van der Waals surface area contributed by atoms with Gasteiger partial charge in [0.15, 0.2) is 17.5 Å². The molecule has 0 aliphatic heterocycles. The van der Waals surface area contributed by atoms with E-state index in [0.717, 1.165) is 17.8 Å². The van der Waals surface area contributed by atoms with Crippen LogP contribution in [0.15, 0.2) is 35.5 Å². The van der Waals surface area contributed by atoms with Crippen LogP contribution in [-0.4, -0.2) is 50.3 Å². The van der Waals surface area contributed by atoms with Crippen LogP contribution in [0.3, 0.4) is 0 Å². The van der Waals surface area contributed by atoms with E-state index in [4.69, 9.17) is 9.47 Å². The first-order chi connectivity index (χ1) is 13.9. The van der Waals surface area contributed by atoms with Crippen LogP contribution in [0.5, 0.6) is 11.5 Å². The fourth-order valence-corrected chi connectivity index (χ4v) is 2.35. The van der Waals surface area contributed by atoms with Crippen molar-refractivity contribution in [1.29, 1.82) is 0 Å². The minimum atomic E-state index is -4.51. The van der Waals surface area contributed by atoms with Gasteiger partial charge in [0, 0.05) is 32.9 Å². The maximum absolute atomic E-state index is 12.7. The fourth-order valence-electron chi connectivity index (χ4n) is 2.35. The van der Waals surface area contributed by atoms with E-state index in [1.807, 2.05) is 18.2 Å². The Morgan fingerprint density at radius 2 is 1.83 bits per heavy atom. The summed E-state index contributed by atoms with van der Waals surface area (Å²) in [4.78, 5) is 11.3. The highest BCUT2D eigenvalue weighted by Crippen LogP contribution is 2.28. The Morgan fingerprint density at radius 1 is 1.07 bits per heavy atom. The maximum Gasteiger partial charge on any atom is 0.433 e. The van der Waals surface area contributed by atoms with Crippen LogP contribution in [0.4, 0.5) is 19.1 Å². The Morgan fingerprint density at radius 3 is 2.48 bits per heavy atom. The molecular formula is C18H23F3N6O2. The van der Waals surface area contributed by atoms with Crippen LogP contribution >= 0.6 is 0 Å². The molecule has 0 saturated heterocycles. The molecule has 0 bridgehead atoms. The number of aliphatic imine (C=N–C) groups is 1. The molecule has 1 aromatic carbocycles. The summed E-state index contributed by atoms with van der Waals surface area (Å²) < 4.78 is 48.4. The molecule has 1 aromatic heterocycles. The Kier molecular flexibility index (Phi) is 7.87. The Balaban J connectivity index is 1.80. The Hall–Kier alpha value is -3.24. The molecule has 8 nitrogen and oxygen atoms in total. The van der Waals surface area contributed by atoms with Gasteiger partial charge in [-0.05, 0) is 23.8 Å². The summed E-state index contributed by atoms with van der Waals surface area (Å²) in [5.41, 5.74) is -0.0311. The van der Waals surface area contributed by atoms with Gasteiger partial charge in [-0.25, -0.2) is 9.97 Å². The van der Waals surface area contributed by atoms with Crippen LogP contribution in [0.2, 0.25) is 0 Å². The number of hydrogen-bond acceptors (Lipinski definition) is 6. The van der Waals surface area contributed by atoms with Gasteiger partial charge in [0.25, 0.3) is 0 Å². The molecule has 0 radical (unpaired) electrons. The zero-order valence-electron chi connectivity index (χ0n) is 16.3. The number of benzene rings is 1. The number of halogens is 3. The highest BCUT2D eigenvalue weighted by atomic mass is 19.4. The minimum Gasteiger partial charge on any atom is -0.493 e. The van der Waals surface area contributed by atoms with Gasteiger partial charge >= 0.3 is 6.18 Å². The van der Waals surface area contributed by atoms with Gasteiger partial charge in [0.2, 0.25) is 5.95 Å². The van der Waals surface area contributed by atoms with Crippen molar-refractivity contribution in [3.05, 3.63) is 41.7 Å². The number of nitrogens with one attached hydrogen (secondary N) is 3. The molecule has 158 valence electrons. The summed E-state index contributed by atoms with van der Waals surface area (Å²) in [7, 11) is 4.75. The highest BCUT2D eigenvalue weighted by molar-refractivity contribution is 5.79. The topological polar surface area (TPSA) is 92.7 Å². The third-order valence-electron chi connectivity index (χ3n) is 3.78. The molecule has 0 atom stereocenters. The normalized spacial score (nSPS) is 11.7. The zero-order chi connectivity index (χ0) is 21.3. The van der Waals surface area contributed by atoms with Crippen molar-refractivity contribution in [3.63, 3.8) is 0 Å². The van der Waals surface area contributed by atoms with Gasteiger partial charge in [-0.15, -0.1) is 0 Å². The smallest absolute Gasteiger partial charge is 0.433 e. The van der Waals surface area contributed by atoms with Crippen molar-refractivity contribution in [2.24, 2.45) is 4.99 Å². The van der Waals surface area contributed by atoms with Crippen molar-refractivity contribution in [1.82, 2.24) is 20.6 Å². The standard InChI is InChI=1S/C18H23F3N6O2/c1-22-16(26-11-12-4-5-13(28-2)14(10-12)29-3)24-8-9-25-17-23-7-6-15(27-17)18(19,20)21/h4-7,10H,8-9,11H2,1-3H3,(H2,22,24,26)(H,23,25,27). The second kappa shape index (κ2) is 10.3. The first-order valence-corrected chi connectivity index (χ1v) is 8.67. The van der Waals surface area contributed by atoms with Crippen LogP contribution < -0.4 is 25.4 Å². The number of hydrogen-bond donors (Lipinski definition) is 3. The number of anilines is 1. The second-order valence-corrected chi connectivity index (χ2v) is 5.73. The van der Waals surface area contributed by atoms with Crippen molar-refractivity contribution in [2.45, 2.75) is 12.7 Å². The van der Waals surface area contributed by atoms with Gasteiger partial charge < -0.3 is 25.4 Å². The fraction of sp³-hybridized carbons (Fsp3) is 0.389. The van der Waals surface area contributed by atoms with Crippen LogP contribution in [0.1, 0.15) is 11.3 Å². The van der Waals surface area contributed by atoms with Gasteiger partial charge in [0.1, 0.15) is 5.69 Å². The number of nitrogens with zero attached hydrogens (tertiary/aromatic N) is 3. The van der Waals surface area contributed by atoms with Crippen molar-refractivity contribution in [3.8, 4) is 11.5 Å². The predicted octanol–water partition coefficient (Wildman–Crippen LogP) is 2.29. The summed E-state index contributed by atoms with van der Waals surface area (Å²) in [6.07, 6.45) is -3.44. The van der Waals surface area contributed by atoms with Gasteiger partial charge in [-0.2, -0.15) is 13.2 Å². The van der Waals surface area contributed by atoms with Crippen LogP contribution in [0.25, 0.3) is 0 Å². The molecule has 0 saturated carbocycles. The molecular weight excluding hydrogens is 389 g/mol. The minimum absolute atomic E-state index is 0.0881. The molecule has 3 N–H and O–H groups in total. The third kappa shape index (κ3) is 6.70. The lowest BCUT2D eigenvalue weighted by Crippen LogP contribution is -2.39. The first kappa shape index (κ1) is 22.1. The molecule has 0 fully saturated rings. The van der Waals surface area contributed by atoms with E-state index in [1.165, 1.54) is 0 Å². The Labute approximate surface area is 166 Å². The number of alkyl halides is 3. The lowest BCUT2D eigenvalue weighted by atomic mass is 10.2. The maximum atomic E-state index is 12.7. The van der Waals surface area contributed by atoms with Crippen molar-refractivity contribution < 1.29 is 22.6 Å². The lowest BCUT2D eigenvalue weighted by Gasteiger charge is -2.14. The molecule has 0 aliphatic carbocycles. The van der Waals surface area contributed by atoms with E-state index in [2.05, 4.69) is 30.9 Å². The summed E-state index contributed by atoms with van der Waals surface area (Å²) in [5.74, 6) is 1.71. The number of aromatic nitrogens is 2. The van der Waals surface area contributed by atoms with E-state index < -0.39 is 11.9 Å². The third-order valence-corrected chi connectivity index (χ3v) is 3.78. The summed E-state index contributed by atoms with van der Waals surface area (Å²) in [5, 5.41) is 8.93. The van der Waals surface area contributed by atoms with E-state index >= 15 is 0 Å². The van der Waals surface area contributed by atoms with Crippen LogP contribution in [-0.2, 0) is 12.7 Å². The quantitative estimate of drug-likeness (QED) is 0.348. The van der Waals surface area contributed by atoms with Crippen molar-refractivity contribution in [2.75, 3.05) is 39.7 Å². The lowest BCUT2D eigenvalue weighted by molar-refractivity contribution is -0.141. The number of rotatable bonds is 8. The molecule has 0 amide bonds. The predicted molar refractivity (Wildman–Crippen MR) is 103 cm³/mol. The molecule has 2 rings (SSSR count). The van der Waals surface area contributed by atoms with Crippen molar-refractivity contribution >= 4 is 11.9 Å². The zero-order valence-corrected chi connectivity index (χ0v) is 16.3. The molecule has 1 heterocycles.